The van der Waals surface area contributed by atoms with Gasteiger partial charge in [-0.15, -0.1) is 0 Å². The Hall–Kier alpha value is -3.59. The summed E-state index contributed by atoms with van der Waals surface area (Å²) in [5, 5.41) is 2.37. The van der Waals surface area contributed by atoms with Crippen molar-refractivity contribution in [2.75, 3.05) is 4.90 Å². The molecule has 6 rings (SSSR count). The van der Waals surface area contributed by atoms with E-state index in [0.29, 0.717) is 0 Å². The van der Waals surface area contributed by atoms with Crippen molar-refractivity contribution in [3.8, 4) is 0 Å². The van der Waals surface area contributed by atoms with E-state index in [1.165, 1.54) is 16.3 Å². The fourth-order valence-electron chi connectivity index (χ4n) is 5.21. The molecular formula is C27H21NO2. The maximum Gasteiger partial charge on any atom is 0.415 e. The second-order valence-electron chi connectivity index (χ2n) is 8.12. The van der Waals surface area contributed by atoms with Crippen LogP contribution < -0.4 is 4.90 Å². The molecule has 2 aliphatic heterocycles. The van der Waals surface area contributed by atoms with Gasteiger partial charge in [-0.3, -0.25) is 4.90 Å². The van der Waals surface area contributed by atoms with Gasteiger partial charge in [-0.2, -0.15) is 0 Å². The lowest BCUT2D eigenvalue weighted by Crippen LogP contribution is -2.49. The predicted octanol–water partition coefficient (Wildman–Crippen LogP) is 6.38. The van der Waals surface area contributed by atoms with Gasteiger partial charge in [0.1, 0.15) is 5.54 Å². The van der Waals surface area contributed by atoms with Crippen LogP contribution in [0.25, 0.3) is 10.8 Å². The first-order valence-electron chi connectivity index (χ1n) is 10.4. The van der Waals surface area contributed by atoms with E-state index in [0.717, 1.165) is 29.7 Å². The SMILES string of the molecule is O=C1O[C@H](c2ccccc2)[C@@]2(c3ccc4ccccc4c3)CCc3ccccc3N12. The summed E-state index contributed by atoms with van der Waals surface area (Å²) in [5.41, 5.74) is 3.73. The quantitative estimate of drug-likeness (QED) is 0.397. The zero-order chi connectivity index (χ0) is 20.1. The van der Waals surface area contributed by atoms with Gasteiger partial charge in [0.25, 0.3) is 0 Å². The van der Waals surface area contributed by atoms with Crippen LogP contribution in [0.2, 0.25) is 0 Å². The van der Waals surface area contributed by atoms with E-state index in [-0.39, 0.29) is 12.2 Å². The molecule has 0 saturated carbocycles. The minimum atomic E-state index is -0.573. The molecule has 1 amide bonds. The first-order chi connectivity index (χ1) is 14.8. The van der Waals surface area contributed by atoms with Crippen molar-refractivity contribution in [2.24, 2.45) is 0 Å². The van der Waals surface area contributed by atoms with Crippen LogP contribution in [0.4, 0.5) is 10.5 Å². The van der Waals surface area contributed by atoms with Gasteiger partial charge >= 0.3 is 6.09 Å². The number of carbonyl (C=O) groups is 1. The molecule has 3 nitrogen and oxygen atoms in total. The summed E-state index contributed by atoms with van der Waals surface area (Å²) in [5.74, 6) is 0. The third kappa shape index (κ3) is 2.35. The van der Waals surface area contributed by atoms with Gasteiger partial charge < -0.3 is 4.74 Å². The summed E-state index contributed by atoms with van der Waals surface area (Å²) in [6.45, 7) is 0. The van der Waals surface area contributed by atoms with Crippen LogP contribution in [0.5, 0.6) is 0 Å². The summed E-state index contributed by atoms with van der Waals surface area (Å²) in [6.07, 6.45) is 1.08. The molecule has 1 fully saturated rings. The van der Waals surface area contributed by atoms with E-state index in [1.54, 1.807) is 0 Å². The number of ether oxygens (including phenoxy) is 1. The second-order valence-corrected chi connectivity index (χ2v) is 8.12. The van der Waals surface area contributed by atoms with E-state index in [9.17, 15) is 4.79 Å². The molecule has 0 radical (unpaired) electrons. The summed E-state index contributed by atoms with van der Waals surface area (Å²) in [6, 6.07) is 33.2. The fourth-order valence-corrected chi connectivity index (χ4v) is 5.21. The van der Waals surface area contributed by atoms with Crippen molar-refractivity contribution in [1.82, 2.24) is 0 Å². The van der Waals surface area contributed by atoms with E-state index < -0.39 is 5.54 Å². The van der Waals surface area contributed by atoms with Crippen LogP contribution in [-0.4, -0.2) is 6.09 Å². The maximum atomic E-state index is 13.3. The second kappa shape index (κ2) is 6.46. The van der Waals surface area contributed by atoms with Crippen LogP contribution in [0.3, 0.4) is 0 Å². The van der Waals surface area contributed by atoms with Crippen molar-refractivity contribution in [1.29, 1.82) is 0 Å². The summed E-state index contributed by atoms with van der Waals surface area (Å²) < 4.78 is 6.11. The van der Waals surface area contributed by atoms with E-state index in [2.05, 4.69) is 60.7 Å². The molecule has 0 bridgehead atoms. The number of anilines is 1. The van der Waals surface area contributed by atoms with Crippen molar-refractivity contribution in [3.05, 3.63) is 114 Å². The number of aryl methyl sites for hydroxylation is 1. The fraction of sp³-hybridized carbons (Fsp3) is 0.148. The lowest BCUT2D eigenvalue weighted by atomic mass is 9.73. The average molecular weight is 391 g/mol. The predicted molar refractivity (Wildman–Crippen MR) is 119 cm³/mol. The van der Waals surface area contributed by atoms with Crippen molar-refractivity contribution in [3.63, 3.8) is 0 Å². The molecule has 0 unspecified atom stereocenters. The van der Waals surface area contributed by atoms with Crippen LogP contribution in [0.15, 0.2) is 97.1 Å². The third-order valence-electron chi connectivity index (χ3n) is 6.59. The van der Waals surface area contributed by atoms with Gasteiger partial charge in [0.15, 0.2) is 6.10 Å². The van der Waals surface area contributed by atoms with E-state index >= 15 is 0 Å². The summed E-state index contributed by atoms with van der Waals surface area (Å²) >= 11 is 0. The minimum Gasteiger partial charge on any atom is -0.438 e. The molecule has 30 heavy (non-hydrogen) atoms. The minimum absolute atomic E-state index is 0.274. The first kappa shape index (κ1) is 17.3. The largest absolute Gasteiger partial charge is 0.438 e. The number of cyclic esters (lactones) is 1. The monoisotopic (exact) mass is 391 g/mol. The molecule has 146 valence electrons. The van der Waals surface area contributed by atoms with E-state index in [1.807, 2.05) is 41.3 Å². The number of rotatable bonds is 2. The smallest absolute Gasteiger partial charge is 0.415 e. The van der Waals surface area contributed by atoms with Crippen LogP contribution in [0, 0.1) is 0 Å². The van der Waals surface area contributed by atoms with E-state index in [4.69, 9.17) is 4.74 Å². The molecule has 4 aromatic carbocycles. The Kier molecular flexibility index (Phi) is 3.72. The van der Waals surface area contributed by atoms with Gasteiger partial charge in [0.05, 0.1) is 5.69 Å². The highest BCUT2D eigenvalue weighted by Gasteiger charge is 2.59. The lowest BCUT2D eigenvalue weighted by Gasteiger charge is -2.44. The number of fused-ring (bicyclic) bond motifs is 4. The third-order valence-corrected chi connectivity index (χ3v) is 6.59. The van der Waals surface area contributed by atoms with Gasteiger partial charge in [-0.05, 0) is 52.4 Å². The number of amides is 1. The Morgan fingerprint density at radius 2 is 1.53 bits per heavy atom. The zero-order valence-corrected chi connectivity index (χ0v) is 16.5. The number of nitrogens with zero attached hydrogens (tertiary/aromatic N) is 1. The Labute approximate surface area is 175 Å². The number of para-hydroxylation sites is 1. The highest BCUT2D eigenvalue weighted by Crippen LogP contribution is 2.56. The lowest BCUT2D eigenvalue weighted by molar-refractivity contribution is 0.104. The summed E-state index contributed by atoms with van der Waals surface area (Å²) in [4.78, 5) is 15.2. The topological polar surface area (TPSA) is 29.5 Å². The van der Waals surface area contributed by atoms with Gasteiger partial charge in [-0.1, -0.05) is 84.9 Å². The molecule has 0 aromatic heterocycles. The molecule has 3 heteroatoms. The Bertz CT molecular complexity index is 1270. The normalized spacial score (nSPS) is 22.5. The first-order valence-corrected chi connectivity index (χ1v) is 10.4. The van der Waals surface area contributed by atoms with Gasteiger partial charge in [-0.25, -0.2) is 4.79 Å². The average Bonchev–Trinajstić information content (AvgIpc) is 3.13. The van der Waals surface area contributed by atoms with Crippen molar-refractivity contribution < 1.29 is 9.53 Å². The molecule has 2 aliphatic rings. The number of benzene rings is 4. The Balaban J connectivity index is 1.63. The molecule has 0 aliphatic carbocycles. The molecular weight excluding hydrogens is 370 g/mol. The van der Waals surface area contributed by atoms with Crippen molar-refractivity contribution in [2.45, 2.75) is 24.5 Å². The molecule has 0 spiro atoms. The van der Waals surface area contributed by atoms with Crippen LogP contribution >= 0.6 is 0 Å². The Morgan fingerprint density at radius 3 is 2.40 bits per heavy atom. The highest BCUT2D eigenvalue weighted by molar-refractivity contribution is 5.95. The highest BCUT2D eigenvalue weighted by atomic mass is 16.6. The molecule has 1 saturated heterocycles. The summed E-state index contributed by atoms with van der Waals surface area (Å²) in [7, 11) is 0. The van der Waals surface area contributed by atoms with Crippen LogP contribution in [-0.2, 0) is 16.7 Å². The standard InChI is InChI=1S/C27H21NO2/c29-26-28-24-13-7-6-9-20(24)16-17-27(28,25(30-26)21-10-2-1-3-11-21)23-15-14-19-8-4-5-12-22(19)18-23/h1-15,18,25H,16-17H2/t25-,27+/m1/s1. The maximum absolute atomic E-state index is 13.3. The number of carbonyl (C=O) groups excluding carboxylic acids is 1. The van der Waals surface area contributed by atoms with Crippen LogP contribution in [0.1, 0.15) is 29.2 Å². The number of hydrogen-bond acceptors (Lipinski definition) is 2. The molecule has 2 heterocycles. The molecule has 4 aromatic rings. The zero-order valence-electron chi connectivity index (χ0n) is 16.5. The molecule has 0 N–H and O–H groups in total. The Morgan fingerprint density at radius 1 is 0.800 bits per heavy atom. The number of hydrogen-bond donors (Lipinski definition) is 0. The van der Waals surface area contributed by atoms with Gasteiger partial charge in [0, 0.05) is 0 Å². The van der Waals surface area contributed by atoms with Gasteiger partial charge in [0.2, 0.25) is 0 Å². The van der Waals surface area contributed by atoms with Crippen molar-refractivity contribution >= 4 is 22.6 Å². The molecule has 2 atom stereocenters.